The number of hydrogen-bond acceptors (Lipinski definition) is 6. The molecule has 1 N–H and O–H groups in total. The van der Waals surface area contributed by atoms with Gasteiger partial charge in [-0.3, -0.25) is 9.59 Å². The predicted molar refractivity (Wildman–Crippen MR) is 127 cm³/mol. The second-order valence-corrected chi connectivity index (χ2v) is 8.06. The van der Waals surface area contributed by atoms with Crippen LogP contribution < -0.4 is 15.6 Å². The molecule has 0 saturated heterocycles. The van der Waals surface area contributed by atoms with Gasteiger partial charge >= 0.3 is 0 Å². The molecule has 1 aromatic carbocycles. The number of benzene rings is 1. The third-order valence-corrected chi connectivity index (χ3v) is 5.61. The zero-order chi connectivity index (χ0) is 23.5. The first-order chi connectivity index (χ1) is 16.6. The van der Waals surface area contributed by atoms with Gasteiger partial charge in [0.1, 0.15) is 18.0 Å². The summed E-state index contributed by atoms with van der Waals surface area (Å²) in [4.78, 5) is 33.9. The lowest BCUT2D eigenvalue weighted by atomic mass is 10.1. The van der Waals surface area contributed by atoms with Gasteiger partial charge in [-0.25, -0.2) is 4.98 Å². The van der Waals surface area contributed by atoms with Gasteiger partial charge in [0.25, 0.3) is 5.91 Å². The monoisotopic (exact) mass is 457 g/mol. The van der Waals surface area contributed by atoms with Gasteiger partial charge in [-0.2, -0.15) is 0 Å². The second-order valence-electron chi connectivity index (χ2n) is 8.06. The lowest BCUT2D eigenvalue weighted by molar-refractivity contribution is 0.0472. The summed E-state index contributed by atoms with van der Waals surface area (Å²) in [5.41, 5.74) is 3.78. The molecular formula is C25H23N5O4. The van der Waals surface area contributed by atoms with E-state index in [2.05, 4.69) is 15.5 Å². The molecule has 5 rings (SSSR count). The highest BCUT2D eigenvalue weighted by atomic mass is 16.7. The van der Waals surface area contributed by atoms with Crippen LogP contribution in [0.2, 0.25) is 0 Å². The van der Waals surface area contributed by atoms with Gasteiger partial charge in [0, 0.05) is 55.4 Å². The van der Waals surface area contributed by atoms with E-state index < -0.39 is 0 Å². The number of aromatic nitrogens is 3. The van der Waals surface area contributed by atoms with Crippen LogP contribution >= 0.6 is 0 Å². The number of aryl methyl sites for hydroxylation is 1. The summed E-state index contributed by atoms with van der Waals surface area (Å²) in [7, 11) is 1.72. The molecule has 0 fully saturated rings. The van der Waals surface area contributed by atoms with Gasteiger partial charge in [0.05, 0.1) is 17.8 Å². The number of fused-ring (bicyclic) bond motifs is 1. The summed E-state index contributed by atoms with van der Waals surface area (Å²) >= 11 is 0. The van der Waals surface area contributed by atoms with Crippen molar-refractivity contribution in [3.05, 3.63) is 89.2 Å². The zero-order valence-electron chi connectivity index (χ0n) is 18.5. The largest absolute Gasteiger partial charge is 0.489 e. The first kappa shape index (κ1) is 21.4. The maximum Gasteiger partial charge on any atom is 0.253 e. The highest BCUT2D eigenvalue weighted by Crippen LogP contribution is 2.29. The fourth-order valence-corrected chi connectivity index (χ4v) is 3.79. The Hall–Kier alpha value is -4.40. The Kier molecular flexibility index (Phi) is 5.82. The number of ether oxygens (including phenoxy) is 1. The van der Waals surface area contributed by atoms with Crippen molar-refractivity contribution < 1.29 is 14.4 Å². The van der Waals surface area contributed by atoms with Crippen molar-refractivity contribution in [2.24, 2.45) is 12.2 Å². The SMILES string of the molecule is Cn1cc(-c2ccccc2OCC2CC(CNC(=O)c3ccc4nccn4c3)=NO2)ccc1=O. The number of para-hydroxylation sites is 1. The van der Waals surface area contributed by atoms with E-state index in [0.717, 1.165) is 22.5 Å². The topological polar surface area (TPSA) is 99.2 Å². The number of nitrogens with one attached hydrogen (secondary N) is 1. The van der Waals surface area contributed by atoms with Crippen LogP contribution in [0, 0.1) is 0 Å². The fourth-order valence-electron chi connectivity index (χ4n) is 3.79. The molecule has 9 heteroatoms. The number of amides is 1. The van der Waals surface area contributed by atoms with Crippen LogP contribution in [-0.4, -0.2) is 44.8 Å². The lowest BCUT2D eigenvalue weighted by Gasteiger charge is -2.14. The van der Waals surface area contributed by atoms with Crippen LogP contribution in [0.5, 0.6) is 5.75 Å². The van der Waals surface area contributed by atoms with Crippen LogP contribution in [0.3, 0.4) is 0 Å². The Balaban J connectivity index is 1.15. The van der Waals surface area contributed by atoms with Gasteiger partial charge in [-0.15, -0.1) is 0 Å². The molecule has 1 aliphatic heterocycles. The highest BCUT2D eigenvalue weighted by Gasteiger charge is 2.23. The third kappa shape index (κ3) is 4.54. The molecule has 1 atom stereocenters. The minimum Gasteiger partial charge on any atom is -0.489 e. The van der Waals surface area contributed by atoms with Crippen molar-refractivity contribution in [1.29, 1.82) is 0 Å². The van der Waals surface area contributed by atoms with Crippen LogP contribution in [0.15, 0.2) is 83.3 Å². The summed E-state index contributed by atoms with van der Waals surface area (Å²) < 4.78 is 9.37. The molecule has 1 unspecified atom stereocenters. The normalized spacial score (nSPS) is 15.1. The predicted octanol–water partition coefficient (Wildman–Crippen LogP) is 2.65. The van der Waals surface area contributed by atoms with Crippen molar-refractivity contribution in [1.82, 2.24) is 19.3 Å². The van der Waals surface area contributed by atoms with Crippen molar-refractivity contribution in [2.75, 3.05) is 13.2 Å². The minimum absolute atomic E-state index is 0.0689. The first-order valence-electron chi connectivity index (χ1n) is 10.9. The number of hydrogen-bond donors (Lipinski definition) is 1. The summed E-state index contributed by atoms with van der Waals surface area (Å²) in [5.74, 6) is 0.505. The summed E-state index contributed by atoms with van der Waals surface area (Å²) in [6, 6.07) is 14.5. The molecule has 0 spiro atoms. The van der Waals surface area contributed by atoms with Gasteiger partial charge < -0.3 is 23.9 Å². The third-order valence-electron chi connectivity index (χ3n) is 5.61. The maximum atomic E-state index is 12.5. The quantitative estimate of drug-likeness (QED) is 0.460. The van der Waals surface area contributed by atoms with E-state index in [4.69, 9.17) is 9.57 Å². The van der Waals surface area contributed by atoms with Crippen molar-refractivity contribution in [3.8, 4) is 16.9 Å². The first-order valence-corrected chi connectivity index (χ1v) is 10.9. The highest BCUT2D eigenvalue weighted by molar-refractivity contribution is 5.98. The number of carbonyl (C=O) groups is 1. The number of rotatable bonds is 7. The number of pyridine rings is 2. The summed E-state index contributed by atoms with van der Waals surface area (Å²) in [5, 5.41) is 6.99. The molecule has 0 aliphatic carbocycles. The summed E-state index contributed by atoms with van der Waals surface area (Å²) in [6.07, 6.45) is 7.31. The number of nitrogens with zero attached hydrogens (tertiary/aromatic N) is 4. The van der Waals surface area contributed by atoms with Crippen molar-refractivity contribution >= 4 is 17.3 Å². The lowest BCUT2D eigenvalue weighted by Crippen LogP contribution is -2.30. The van der Waals surface area contributed by atoms with Crippen LogP contribution in [0.4, 0.5) is 0 Å². The van der Waals surface area contributed by atoms with Gasteiger partial charge in [0.15, 0.2) is 6.10 Å². The smallest absolute Gasteiger partial charge is 0.253 e. The van der Waals surface area contributed by atoms with E-state index in [1.54, 1.807) is 54.4 Å². The van der Waals surface area contributed by atoms with Crippen molar-refractivity contribution in [2.45, 2.75) is 12.5 Å². The Labute approximate surface area is 195 Å². The number of imidazole rings is 1. The second kappa shape index (κ2) is 9.22. The van der Waals surface area contributed by atoms with E-state index in [1.165, 1.54) is 10.6 Å². The number of oxime groups is 1. The molecule has 3 aromatic heterocycles. The zero-order valence-corrected chi connectivity index (χ0v) is 18.5. The minimum atomic E-state index is -0.248. The Morgan fingerprint density at radius 2 is 2.06 bits per heavy atom. The Bertz CT molecular complexity index is 1440. The molecule has 1 amide bonds. The number of carbonyl (C=O) groups excluding carboxylic acids is 1. The van der Waals surface area contributed by atoms with Crippen LogP contribution in [0.25, 0.3) is 16.8 Å². The molecule has 0 bridgehead atoms. The molecule has 0 saturated carbocycles. The average Bonchev–Trinajstić information content (AvgIpc) is 3.52. The van der Waals surface area contributed by atoms with E-state index >= 15 is 0 Å². The summed E-state index contributed by atoms with van der Waals surface area (Å²) in [6.45, 7) is 0.604. The molecule has 9 nitrogen and oxygen atoms in total. The molecule has 34 heavy (non-hydrogen) atoms. The van der Waals surface area contributed by atoms with Gasteiger partial charge in [-0.1, -0.05) is 23.4 Å². The molecule has 172 valence electrons. The van der Waals surface area contributed by atoms with Gasteiger partial charge in [-0.05, 0) is 24.3 Å². The van der Waals surface area contributed by atoms with E-state index in [-0.39, 0.29) is 17.6 Å². The van der Waals surface area contributed by atoms with E-state index in [1.807, 2.05) is 24.3 Å². The molecular weight excluding hydrogens is 434 g/mol. The maximum absolute atomic E-state index is 12.5. The van der Waals surface area contributed by atoms with E-state index in [9.17, 15) is 9.59 Å². The fraction of sp³-hybridized carbons (Fsp3) is 0.200. The van der Waals surface area contributed by atoms with Crippen LogP contribution in [0.1, 0.15) is 16.8 Å². The van der Waals surface area contributed by atoms with Crippen LogP contribution in [-0.2, 0) is 11.9 Å². The van der Waals surface area contributed by atoms with Crippen molar-refractivity contribution in [3.63, 3.8) is 0 Å². The molecule has 1 aliphatic rings. The Morgan fingerprint density at radius 1 is 1.18 bits per heavy atom. The molecule has 4 heterocycles. The van der Waals surface area contributed by atoms with E-state index in [0.29, 0.717) is 30.9 Å². The standard InChI is InChI=1S/C25H23N5O4/c1-29-14-17(7-9-24(29)31)21-4-2-3-5-22(21)33-16-20-12-19(28-34-20)13-27-25(32)18-6-8-23-26-10-11-30(23)15-18/h2-11,14-15,20H,12-13,16H2,1H3,(H,27,32). The Morgan fingerprint density at radius 3 is 2.94 bits per heavy atom. The molecule has 0 radical (unpaired) electrons. The molecule has 4 aromatic rings. The average molecular weight is 457 g/mol. The van der Waals surface area contributed by atoms with Gasteiger partial charge in [0.2, 0.25) is 5.56 Å².